The molecule has 7 aromatic rings. The van der Waals surface area contributed by atoms with E-state index in [4.69, 9.17) is 26.7 Å². The molecule has 1 aromatic heterocycles. The number of carboxylic acids is 1. The average molecular weight is 1940 g/mol. The van der Waals surface area contributed by atoms with Crippen LogP contribution in [0.2, 0.25) is 0 Å². The molecule has 15 atom stereocenters. The molecule has 2 saturated heterocycles. The predicted molar refractivity (Wildman–Crippen MR) is 502 cm³/mol. The first-order valence-electron chi connectivity index (χ1n) is 44.9. The van der Waals surface area contributed by atoms with Crippen LogP contribution >= 0.6 is 11.8 Å². The third-order valence-electron chi connectivity index (χ3n) is 24.0. The van der Waals surface area contributed by atoms with E-state index in [0.717, 1.165) is 48.3 Å². The van der Waals surface area contributed by atoms with Gasteiger partial charge in [-0.15, -0.1) is 11.8 Å². The molecule has 0 aliphatic carbocycles. The molecule has 0 spiro atoms. The summed E-state index contributed by atoms with van der Waals surface area (Å²) in [6.07, 6.45) is -3.91. The number of fused-ring (bicyclic) bond motifs is 1. The molecule has 3 heterocycles. The molecule has 19 N–H and O–H groups in total. The zero-order valence-corrected chi connectivity index (χ0v) is 78.3. The zero-order chi connectivity index (χ0) is 101. The van der Waals surface area contributed by atoms with Gasteiger partial charge in [0.1, 0.15) is 84.2 Å². The number of hydrogen-bond acceptors (Lipinski definition) is 24. The Balaban J connectivity index is 0.929. The number of aldehydes is 1. The number of nitrogens with zero attached hydrogens (tertiary/aromatic N) is 5. The van der Waals surface area contributed by atoms with Gasteiger partial charge < -0.3 is 124 Å². The molecule has 14 amide bonds. The molecule has 6 aromatic carbocycles. The number of amides is 14. The molecule has 0 bridgehead atoms. The monoisotopic (exact) mass is 1930 g/mol. The Morgan fingerprint density at radius 3 is 1.67 bits per heavy atom. The molecule has 39 nitrogen and oxygen atoms in total. The number of aromatic amines is 1. The van der Waals surface area contributed by atoms with Crippen LogP contribution in [-0.4, -0.2) is 315 Å². The molecule has 2 aliphatic rings. The predicted octanol–water partition coefficient (Wildman–Crippen LogP) is -0.519. The van der Waals surface area contributed by atoms with Gasteiger partial charge in [0, 0.05) is 116 Å². The van der Waals surface area contributed by atoms with E-state index in [9.17, 15) is 77.6 Å². The Labute approximate surface area is 799 Å². The van der Waals surface area contributed by atoms with Crippen molar-refractivity contribution in [1.29, 1.82) is 0 Å². The molecule has 42 heteroatoms. The summed E-state index contributed by atoms with van der Waals surface area (Å²) in [6.45, 7) is 1.31. The number of aliphatic hydroxyl groups excluding tert-OH is 2. The summed E-state index contributed by atoms with van der Waals surface area (Å²) in [5.41, 5.74) is 21.3. The van der Waals surface area contributed by atoms with Crippen LogP contribution in [0.25, 0.3) is 10.9 Å². The lowest BCUT2D eigenvalue weighted by Crippen LogP contribution is -2.61. The number of benzene rings is 6. The number of nitrogens with two attached hydrogens (primary N) is 3. The van der Waals surface area contributed by atoms with E-state index in [1.807, 2.05) is 0 Å². The van der Waals surface area contributed by atoms with E-state index < -0.39 is 241 Å². The fraction of sp³-hybridized carbons (Fsp3) is 0.438. The van der Waals surface area contributed by atoms with Crippen LogP contribution in [0.5, 0.6) is 11.5 Å². The number of aliphatic hydroxyl groups is 2. The van der Waals surface area contributed by atoms with E-state index >= 15 is 28.4 Å². The highest BCUT2D eigenvalue weighted by Crippen LogP contribution is 2.28. The van der Waals surface area contributed by atoms with Gasteiger partial charge in [0.2, 0.25) is 82.7 Å². The number of aromatic nitrogens is 1. The molecule has 742 valence electrons. The Morgan fingerprint density at radius 1 is 0.558 bits per heavy atom. The SMILES string of the molecule is COCC[C@@H](C(=O)N1C[C@@H](O)C[C@@H]1C(=O)N[C@@H](CC(=O)O)C(=O)N[C@H](C(=O)N(C)[C@@H](C=O)Cc1ccccc1)C(C)C)N(C)C(=O)[C@H](Cc1ccccc1)N(C)C(=O)[C@H](Cc1ccc(F)c(F)c1)NC(=O)CSC[C@H](NC(=O)[C@H](CCCN)NC(=O)[C@H](Cc1ccc(O)cc1)NC(=O)[C@H](Cc1c[nH]c2ccccc12)NC(=O)[C@H]1C[C@H](O)CN1C(=O)[C@@H](N)Cc1ccc(OC)cc1)C(=O)NCC(N)=O. The zero-order valence-electron chi connectivity index (χ0n) is 77.5. The van der Waals surface area contributed by atoms with Crippen LogP contribution in [0.3, 0.4) is 0 Å². The van der Waals surface area contributed by atoms with Crippen LogP contribution in [0, 0.1) is 17.6 Å². The van der Waals surface area contributed by atoms with Crippen molar-refractivity contribution in [3.8, 4) is 11.5 Å². The number of phenols is 1. The summed E-state index contributed by atoms with van der Waals surface area (Å²) >= 11 is 0.684. The van der Waals surface area contributed by atoms with Gasteiger partial charge in [0.15, 0.2) is 11.6 Å². The first-order chi connectivity index (χ1) is 65.8. The molecule has 138 heavy (non-hydrogen) atoms. The molecule has 2 fully saturated rings. The number of likely N-dealkylation sites (tertiary alicyclic amines) is 2. The number of carbonyl (C=O) groups excluding carboxylic acids is 15. The van der Waals surface area contributed by atoms with Crippen molar-refractivity contribution in [2.45, 2.75) is 182 Å². The van der Waals surface area contributed by atoms with Gasteiger partial charge in [-0.2, -0.15) is 0 Å². The lowest BCUT2D eigenvalue weighted by molar-refractivity contribution is -0.153. The molecule has 0 unspecified atom stereocenters. The summed E-state index contributed by atoms with van der Waals surface area (Å²) in [5, 5.41) is 63.9. The van der Waals surface area contributed by atoms with Crippen LogP contribution in [0.15, 0.2) is 158 Å². The first kappa shape index (κ1) is 108. The normalized spacial score (nSPS) is 16.9. The van der Waals surface area contributed by atoms with E-state index in [1.165, 1.54) is 59.6 Å². The van der Waals surface area contributed by atoms with E-state index in [-0.39, 0.29) is 88.8 Å². The van der Waals surface area contributed by atoms with Crippen LogP contribution in [0.1, 0.15) is 85.8 Å². The summed E-state index contributed by atoms with van der Waals surface area (Å²) in [7, 11) is 6.57. The maximum atomic E-state index is 15.6. The van der Waals surface area contributed by atoms with Crippen LogP contribution in [0.4, 0.5) is 8.78 Å². The first-order valence-corrected chi connectivity index (χ1v) is 46.1. The summed E-state index contributed by atoms with van der Waals surface area (Å²) in [6, 6.07) is 19.3. The number of β-amino-alcohol motifs (C(OH)–C–C–N with tert-alkyl or cyclic N) is 2. The van der Waals surface area contributed by atoms with Gasteiger partial charge in [-0.3, -0.25) is 71.9 Å². The number of primary amides is 1. The van der Waals surface area contributed by atoms with Crippen molar-refractivity contribution < 1.29 is 115 Å². The number of para-hydroxylation sites is 1. The number of phenolic OH excluding ortho intramolecular Hbond substituents is 1. The number of likely N-dealkylation sites (N-methyl/N-ethyl adjacent to an activating group) is 3. The Kier molecular flexibility index (Phi) is 40.6. The third kappa shape index (κ3) is 30.6. The molecule has 9 rings (SSSR count). The number of hydrogen-bond donors (Lipinski definition) is 16. The highest BCUT2D eigenvalue weighted by molar-refractivity contribution is 8.00. The van der Waals surface area contributed by atoms with Crippen molar-refractivity contribution in [2.75, 3.05) is 79.7 Å². The molecular formula is C96H121F2N17O22S. The minimum Gasteiger partial charge on any atom is -0.508 e. The number of H-pyrrole nitrogens is 1. The Hall–Kier alpha value is -13.8. The molecular weight excluding hydrogens is 1810 g/mol. The largest absolute Gasteiger partial charge is 0.508 e. The lowest BCUT2D eigenvalue weighted by Gasteiger charge is -2.37. The maximum absolute atomic E-state index is 15.6. The number of thioether (sulfide) groups is 1. The number of carbonyl (C=O) groups is 16. The third-order valence-corrected chi connectivity index (χ3v) is 25.0. The minimum absolute atomic E-state index is 0.0426. The van der Waals surface area contributed by atoms with E-state index in [0.29, 0.717) is 57.0 Å². The maximum Gasteiger partial charge on any atom is 0.305 e. The number of nitrogens with one attached hydrogen (secondary N) is 9. The number of ether oxygens (including phenoxy) is 2. The number of methoxy groups -OCH3 is 2. The van der Waals surface area contributed by atoms with Crippen molar-refractivity contribution >= 4 is 118 Å². The Morgan fingerprint density at radius 2 is 1.09 bits per heavy atom. The average Bonchev–Trinajstić information content (AvgIpc) is 1.57. The van der Waals surface area contributed by atoms with Crippen molar-refractivity contribution in [3.63, 3.8) is 0 Å². The highest BCUT2D eigenvalue weighted by Gasteiger charge is 2.48. The number of carboxylic acid groups (broad SMARTS) is 1. The number of halogens is 2. The second kappa shape index (κ2) is 51.9. The second-order valence-electron chi connectivity index (χ2n) is 34.5. The second-order valence-corrected chi connectivity index (χ2v) is 35.5. The van der Waals surface area contributed by atoms with Gasteiger partial charge in [-0.25, -0.2) is 8.78 Å². The smallest absolute Gasteiger partial charge is 0.305 e. The summed E-state index contributed by atoms with van der Waals surface area (Å²) < 4.78 is 40.5. The lowest BCUT2D eigenvalue weighted by atomic mass is 9.99. The quantitative estimate of drug-likeness (QED) is 0.0213. The highest BCUT2D eigenvalue weighted by atomic mass is 32.2. The standard InChI is InChI=1S/C96H121F2N17O22S/c1-54(2)84(96(135)111(3)61(51-116)37-55-17-10-8-11-18-55)110-89(128)74(46-83(122)123)108-91(130)79-45-64(119)50-115(79)95(134)77(34-36-136-6)112(4)94(133)80(42-56-19-12-9-13-20-56)113(5)93(132)75(41-59-28-33-67(97)68(98)38-59)104-82(121)53-138-52-76(85(124)103-48-81(101)120)109-86(125)71(23-16-35-99)105-87(126)72(40-58-24-29-62(117)30-25-58)106-88(127)73(43-60-47-102-70-22-15-14-21-66(60)70)107-90(129)78-44-63(118)49-114(78)92(131)69(100)39-57-26-31-65(137-7)32-27-57/h8-15,17-22,24-33,38,47,51,54,61,63-64,69,71-80,84,102,117-119H,16,23,34-37,39-46,48-50,52-53,99-100H2,1-7H3,(H2,101,120)(H,103,124)(H,104,121)(H,105,126)(H,106,127)(H,107,129)(H,108,130)(H,109,125)(H,110,128)(H,122,123)/t61-,63+,64+,69+,71+,72+,73+,74+,75+,76+,77+,78-,79-,80+,84+/m1/s1. The number of aliphatic carboxylic acids is 1. The van der Waals surface area contributed by atoms with Crippen molar-refractivity contribution in [1.82, 2.24) is 72.0 Å². The van der Waals surface area contributed by atoms with Gasteiger partial charge >= 0.3 is 5.97 Å². The van der Waals surface area contributed by atoms with E-state index in [2.05, 4.69) is 47.5 Å². The van der Waals surface area contributed by atoms with Gasteiger partial charge in [0.05, 0.1) is 50.1 Å². The summed E-state index contributed by atoms with van der Waals surface area (Å²) in [5.74, 6) is -19.1. The van der Waals surface area contributed by atoms with Crippen LogP contribution in [-0.2, 0) is 120 Å². The fourth-order valence-corrected chi connectivity index (χ4v) is 17.2. The van der Waals surface area contributed by atoms with Gasteiger partial charge in [0.25, 0.3) is 0 Å². The Bertz CT molecular complexity index is 5420. The topological polar surface area (TPSA) is 579 Å². The molecule has 0 saturated carbocycles. The van der Waals surface area contributed by atoms with Gasteiger partial charge in [-0.1, -0.05) is 123 Å². The molecule has 0 radical (unpaired) electrons. The minimum atomic E-state index is -1.91. The van der Waals surface area contributed by atoms with Crippen LogP contribution < -0.4 is 64.5 Å². The van der Waals surface area contributed by atoms with Crippen molar-refractivity contribution in [3.05, 3.63) is 203 Å². The van der Waals surface area contributed by atoms with E-state index in [1.54, 1.807) is 129 Å². The summed E-state index contributed by atoms with van der Waals surface area (Å²) in [4.78, 5) is 238. The number of aromatic hydroxyl groups is 1. The van der Waals surface area contributed by atoms with Crippen molar-refractivity contribution in [2.24, 2.45) is 23.1 Å². The number of rotatable bonds is 51. The van der Waals surface area contributed by atoms with Gasteiger partial charge in [-0.05, 0) is 114 Å². The fourth-order valence-electron chi connectivity index (χ4n) is 16.4. The molecule has 2 aliphatic heterocycles.